The first-order chi connectivity index (χ1) is 8.81. The van der Waals surface area contributed by atoms with Crippen molar-refractivity contribution >= 4 is 15.9 Å². The fourth-order valence-electron chi connectivity index (χ4n) is 1.86. The average molecular weight is 342 g/mol. The largest absolute Gasteiger partial charge is 0.389 e. The Balaban J connectivity index is 2.67. The molecule has 0 aromatic heterocycles. The Morgan fingerprint density at radius 3 is 2.53 bits per heavy atom. The predicted octanol–water partition coefficient (Wildman–Crippen LogP) is 4.45. The Morgan fingerprint density at radius 2 is 2.00 bits per heavy atom. The zero-order valence-corrected chi connectivity index (χ0v) is 12.1. The normalized spacial score (nSPS) is 13.6. The Morgan fingerprint density at radius 1 is 1.32 bits per heavy atom. The van der Waals surface area contributed by atoms with Crippen molar-refractivity contribution in [2.45, 2.75) is 38.4 Å². The van der Waals surface area contributed by atoms with Crippen molar-refractivity contribution in [1.29, 1.82) is 0 Å². The number of hydrogen-bond acceptors (Lipinski definition) is 1. The van der Waals surface area contributed by atoms with Crippen LogP contribution in [0.25, 0.3) is 0 Å². The summed E-state index contributed by atoms with van der Waals surface area (Å²) in [7, 11) is 0. The van der Waals surface area contributed by atoms with Crippen molar-refractivity contribution in [2.24, 2.45) is 0 Å². The molecule has 6 heteroatoms. The lowest BCUT2D eigenvalue weighted by atomic mass is 10.0. The van der Waals surface area contributed by atoms with Gasteiger partial charge in [0.2, 0.25) is 0 Å². The number of rotatable bonds is 6. The van der Waals surface area contributed by atoms with E-state index in [2.05, 4.69) is 21.2 Å². The maximum atomic E-state index is 13.6. The van der Waals surface area contributed by atoms with Gasteiger partial charge in [-0.3, -0.25) is 0 Å². The van der Waals surface area contributed by atoms with Crippen LogP contribution in [0.2, 0.25) is 0 Å². The summed E-state index contributed by atoms with van der Waals surface area (Å²) in [6.07, 6.45) is -4.83. The van der Waals surface area contributed by atoms with Gasteiger partial charge in [-0.15, -0.1) is 0 Å². The molecule has 0 spiro atoms. The maximum Gasteiger partial charge on any atom is 0.389 e. The SMILES string of the molecule is CCNC(CCC(F)(F)F)Cc1ccc(Br)cc1F. The van der Waals surface area contributed by atoms with Crippen molar-refractivity contribution in [3.8, 4) is 0 Å². The molecule has 1 atom stereocenters. The summed E-state index contributed by atoms with van der Waals surface area (Å²) in [5.41, 5.74) is 0.427. The molecule has 1 unspecified atom stereocenters. The molecular weight excluding hydrogens is 326 g/mol. The molecule has 0 radical (unpaired) electrons. The number of likely N-dealkylation sites (N-methyl/N-ethyl adjacent to an activating group) is 1. The van der Waals surface area contributed by atoms with E-state index in [0.29, 0.717) is 16.6 Å². The highest BCUT2D eigenvalue weighted by Crippen LogP contribution is 2.24. The molecule has 108 valence electrons. The minimum Gasteiger partial charge on any atom is -0.314 e. The minimum atomic E-state index is -4.17. The second-order valence-corrected chi connectivity index (χ2v) is 5.26. The number of halogens is 5. The molecule has 1 aromatic carbocycles. The summed E-state index contributed by atoms with van der Waals surface area (Å²) in [5, 5.41) is 2.97. The van der Waals surface area contributed by atoms with Crippen LogP contribution in [0.15, 0.2) is 22.7 Å². The summed E-state index contributed by atoms with van der Waals surface area (Å²) in [5.74, 6) is -0.399. The predicted molar refractivity (Wildman–Crippen MR) is 70.6 cm³/mol. The van der Waals surface area contributed by atoms with Crippen LogP contribution in [-0.4, -0.2) is 18.8 Å². The van der Waals surface area contributed by atoms with Crippen LogP contribution < -0.4 is 5.32 Å². The van der Waals surface area contributed by atoms with Gasteiger partial charge in [0.15, 0.2) is 0 Å². The molecular formula is C13H16BrF4N. The summed E-state index contributed by atoms with van der Waals surface area (Å²) in [6.45, 7) is 2.37. The van der Waals surface area contributed by atoms with E-state index in [1.165, 1.54) is 6.07 Å². The van der Waals surface area contributed by atoms with Crippen LogP contribution in [0.3, 0.4) is 0 Å². The number of alkyl halides is 3. The van der Waals surface area contributed by atoms with E-state index in [0.717, 1.165) is 0 Å². The van der Waals surface area contributed by atoms with Gasteiger partial charge < -0.3 is 5.32 Å². The lowest BCUT2D eigenvalue weighted by molar-refractivity contribution is -0.136. The monoisotopic (exact) mass is 341 g/mol. The molecule has 1 rings (SSSR count). The van der Waals surface area contributed by atoms with Gasteiger partial charge in [0.05, 0.1) is 0 Å². The average Bonchev–Trinajstić information content (AvgIpc) is 2.28. The Hall–Kier alpha value is -0.620. The molecule has 0 amide bonds. The first-order valence-corrected chi connectivity index (χ1v) is 6.85. The second-order valence-electron chi connectivity index (χ2n) is 4.35. The van der Waals surface area contributed by atoms with Crippen LogP contribution in [0, 0.1) is 5.82 Å². The molecule has 0 saturated heterocycles. The van der Waals surface area contributed by atoms with Crippen molar-refractivity contribution in [1.82, 2.24) is 5.32 Å². The van der Waals surface area contributed by atoms with Gasteiger partial charge in [-0.25, -0.2) is 4.39 Å². The molecule has 1 N–H and O–H groups in total. The van der Waals surface area contributed by atoms with Crippen LogP contribution in [-0.2, 0) is 6.42 Å². The number of nitrogens with one attached hydrogen (secondary N) is 1. The summed E-state index contributed by atoms with van der Waals surface area (Å²) in [6, 6.07) is 4.23. The maximum absolute atomic E-state index is 13.6. The lowest BCUT2D eigenvalue weighted by Crippen LogP contribution is -2.32. The molecule has 0 fully saturated rings. The third-order valence-electron chi connectivity index (χ3n) is 2.75. The quantitative estimate of drug-likeness (QED) is 0.753. The van der Waals surface area contributed by atoms with Crippen LogP contribution in [0.1, 0.15) is 25.3 Å². The highest BCUT2D eigenvalue weighted by molar-refractivity contribution is 9.10. The standard InChI is InChI=1S/C13H16BrF4N/c1-2-19-11(5-6-13(16,17)18)7-9-3-4-10(14)8-12(9)15/h3-4,8,11,19H,2,5-7H2,1H3. The van der Waals surface area contributed by atoms with Crippen molar-refractivity contribution in [3.63, 3.8) is 0 Å². The first kappa shape index (κ1) is 16.4. The van der Waals surface area contributed by atoms with E-state index in [9.17, 15) is 17.6 Å². The summed E-state index contributed by atoms with van der Waals surface area (Å²) >= 11 is 3.15. The van der Waals surface area contributed by atoms with Crippen LogP contribution >= 0.6 is 15.9 Å². The van der Waals surface area contributed by atoms with Gasteiger partial charge in [-0.05, 0) is 37.1 Å². The van der Waals surface area contributed by atoms with Gasteiger partial charge in [-0.1, -0.05) is 28.9 Å². The van der Waals surface area contributed by atoms with Crippen molar-refractivity contribution in [3.05, 3.63) is 34.1 Å². The minimum absolute atomic E-state index is 0.0488. The number of benzene rings is 1. The Labute approximate surface area is 118 Å². The third kappa shape index (κ3) is 6.38. The van der Waals surface area contributed by atoms with Gasteiger partial charge >= 0.3 is 6.18 Å². The van der Waals surface area contributed by atoms with Gasteiger partial charge in [0.1, 0.15) is 5.82 Å². The first-order valence-electron chi connectivity index (χ1n) is 6.06. The number of hydrogen-bond donors (Lipinski definition) is 1. The molecule has 0 aliphatic carbocycles. The lowest BCUT2D eigenvalue weighted by Gasteiger charge is -2.19. The third-order valence-corrected chi connectivity index (χ3v) is 3.24. The zero-order chi connectivity index (χ0) is 14.5. The van der Waals surface area contributed by atoms with E-state index in [1.54, 1.807) is 12.1 Å². The van der Waals surface area contributed by atoms with Crippen LogP contribution in [0.5, 0.6) is 0 Å². The van der Waals surface area contributed by atoms with E-state index in [1.807, 2.05) is 6.92 Å². The van der Waals surface area contributed by atoms with Gasteiger partial charge in [0.25, 0.3) is 0 Å². The van der Waals surface area contributed by atoms with Gasteiger partial charge in [-0.2, -0.15) is 13.2 Å². The highest BCUT2D eigenvalue weighted by atomic mass is 79.9. The zero-order valence-electron chi connectivity index (χ0n) is 10.5. The molecule has 0 saturated carbocycles. The van der Waals surface area contributed by atoms with Crippen LogP contribution in [0.4, 0.5) is 17.6 Å². The van der Waals surface area contributed by atoms with E-state index < -0.39 is 18.4 Å². The molecule has 0 bridgehead atoms. The highest BCUT2D eigenvalue weighted by Gasteiger charge is 2.28. The molecule has 0 heterocycles. The topological polar surface area (TPSA) is 12.0 Å². The van der Waals surface area contributed by atoms with Gasteiger partial charge in [0, 0.05) is 16.9 Å². The van der Waals surface area contributed by atoms with Crippen molar-refractivity contribution in [2.75, 3.05) is 6.54 Å². The summed E-state index contributed by atoms with van der Waals surface area (Å²) < 4.78 is 50.9. The molecule has 19 heavy (non-hydrogen) atoms. The van der Waals surface area contributed by atoms with E-state index in [-0.39, 0.29) is 18.9 Å². The Bertz CT molecular complexity index is 406. The fraction of sp³-hybridized carbons (Fsp3) is 0.538. The molecule has 1 nitrogen and oxygen atoms in total. The summed E-state index contributed by atoms with van der Waals surface area (Å²) in [4.78, 5) is 0. The molecule has 0 aliphatic heterocycles. The smallest absolute Gasteiger partial charge is 0.314 e. The molecule has 1 aromatic rings. The Kier molecular flexibility index (Phi) is 6.26. The van der Waals surface area contributed by atoms with E-state index >= 15 is 0 Å². The second kappa shape index (κ2) is 7.24. The van der Waals surface area contributed by atoms with E-state index in [4.69, 9.17) is 0 Å². The fourth-order valence-corrected chi connectivity index (χ4v) is 2.19. The molecule has 0 aliphatic rings. The van der Waals surface area contributed by atoms with Crippen molar-refractivity contribution < 1.29 is 17.6 Å².